The number of alkyl halides is 1. The summed E-state index contributed by atoms with van der Waals surface area (Å²) >= 11 is 5.80. The van der Waals surface area contributed by atoms with E-state index in [9.17, 15) is 0 Å². The van der Waals surface area contributed by atoms with Gasteiger partial charge in [0, 0.05) is 17.5 Å². The van der Waals surface area contributed by atoms with Crippen molar-refractivity contribution in [3.63, 3.8) is 0 Å². The minimum Gasteiger partial charge on any atom is -0.258 e. The summed E-state index contributed by atoms with van der Waals surface area (Å²) in [6, 6.07) is 0. The lowest BCUT2D eigenvalue weighted by Gasteiger charge is -1.98. The number of hydrogen-bond donors (Lipinski definition) is 0. The molecule has 0 bridgehead atoms. The maximum atomic E-state index is 5.80. The molecule has 2 heteroatoms. The first kappa shape index (κ1) is 9.27. The minimum atomic E-state index is 0.0680. The van der Waals surface area contributed by atoms with Gasteiger partial charge in [-0.2, -0.15) is 0 Å². The van der Waals surface area contributed by atoms with Crippen LogP contribution in [0.3, 0.4) is 0 Å². The quantitative estimate of drug-likeness (QED) is 0.437. The van der Waals surface area contributed by atoms with E-state index in [1.165, 1.54) is 0 Å². The maximum absolute atomic E-state index is 5.80. The highest BCUT2D eigenvalue weighted by Crippen LogP contribution is 2.09. The third kappa shape index (κ3) is 2.67. The van der Waals surface area contributed by atoms with E-state index in [2.05, 4.69) is 0 Å². The van der Waals surface area contributed by atoms with Crippen LogP contribution < -0.4 is 0 Å². The molecule has 1 aliphatic rings. The third-order valence-electron chi connectivity index (χ3n) is 1.54. The Morgan fingerprint density at radius 2 is 1.92 bits per heavy atom. The van der Waals surface area contributed by atoms with Crippen molar-refractivity contribution < 1.29 is 4.42 Å². The van der Waals surface area contributed by atoms with Gasteiger partial charge < -0.3 is 0 Å². The highest BCUT2D eigenvalue weighted by atomic mass is 35.5. The Morgan fingerprint density at radius 3 is 2.33 bits per heavy atom. The lowest BCUT2D eigenvalue weighted by Crippen LogP contribution is -1.96. The molecule has 0 radical (unpaired) electrons. The number of allylic oxidation sites excluding steroid dienone is 6. The van der Waals surface area contributed by atoms with Gasteiger partial charge in [0.05, 0.1) is 0 Å². The molecule has 1 unspecified atom stereocenters. The monoisotopic (exact) mass is 183 g/mol. The summed E-state index contributed by atoms with van der Waals surface area (Å²) in [5.41, 5.74) is 1.12. The molecule has 1 aliphatic carbocycles. The van der Waals surface area contributed by atoms with Crippen molar-refractivity contribution in [2.45, 2.75) is 12.3 Å². The summed E-state index contributed by atoms with van der Waals surface area (Å²) in [6.45, 7) is 1.94. The van der Waals surface area contributed by atoms with Gasteiger partial charge in [0.25, 0.3) is 7.11 Å². The van der Waals surface area contributed by atoms with E-state index in [4.69, 9.17) is 16.0 Å². The predicted octanol–water partition coefficient (Wildman–Crippen LogP) is 2.40. The van der Waals surface area contributed by atoms with Gasteiger partial charge in [-0.3, -0.25) is 4.42 Å². The van der Waals surface area contributed by atoms with Gasteiger partial charge in [0.15, 0.2) is 0 Å². The number of carbonyl (C=O) groups excluding carboxylic acids is 1. The van der Waals surface area contributed by atoms with Crippen LogP contribution in [0.2, 0.25) is 0 Å². The molecule has 0 aromatic rings. The average Bonchev–Trinajstić information content (AvgIpc) is 2.05. The van der Waals surface area contributed by atoms with E-state index in [0.29, 0.717) is 0 Å². The Morgan fingerprint density at radius 1 is 1.33 bits per heavy atom. The van der Waals surface area contributed by atoms with E-state index < -0.39 is 0 Å². The first-order valence-corrected chi connectivity index (χ1v) is 4.29. The van der Waals surface area contributed by atoms with Crippen LogP contribution in [-0.2, 0) is 4.42 Å². The van der Waals surface area contributed by atoms with Gasteiger partial charge in [0.2, 0.25) is 0 Å². The first-order valence-electron chi connectivity index (χ1n) is 3.85. The second kappa shape index (κ2) is 4.27. The van der Waals surface area contributed by atoms with Crippen molar-refractivity contribution in [3.8, 4) is 0 Å². The zero-order chi connectivity index (χ0) is 8.97. The standard InChI is InChI=1S/C10H12ClO/c1-8(11)7-9-3-5-10(12-2)6-4-9/h3-8H,1-2H3/q+1. The number of rotatable bonds is 1. The van der Waals surface area contributed by atoms with E-state index in [-0.39, 0.29) is 5.38 Å². The molecular formula is C10H12ClO+. The fourth-order valence-electron chi connectivity index (χ4n) is 0.980. The molecule has 0 N–H and O–H groups in total. The first-order chi connectivity index (χ1) is 5.72. The van der Waals surface area contributed by atoms with E-state index >= 15 is 0 Å². The number of hydrogen-bond acceptors (Lipinski definition) is 0. The van der Waals surface area contributed by atoms with Crippen LogP contribution in [0.5, 0.6) is 0 Å². The van der Waals surface area contributed by atoms with Gasteiger partial charge in [-0.05, 0) is 24.6 Å². The zero-order valence-electron chi connectivity index (χ0n) is 7.25. The van der Waals surface area contributed by atoms with Gasteiger partial charge in [0.1, 0.15) is 0 Å². The molecule has 1 rings (SSSR count). The van der Waals surface area contributed by atoms with Crippen molar-refractivity contribution in [2.75, 3.05) is 7.11 Å². The fraction of sp³-hybridized carbons (Fsp3) is 0.300. The number of halogens is 1. The van der Waals surface area contributed by atoms with E-state index in [1.807, 2.05) is 37.3 Å². The normalized spacial score (nSPS) is 17.9. The third-order valence-corrected chi connectivity index (χ3v) is 1.66. The van der Waals surface area contributed by atoms with Crippen LogP contribution in [0.15, 0.2) is 36.0 Å². The summed E-state index contributed by atoms with van der Waals surface area (Å²) in [6.07, 6.45) is 9.80. The highest BCUT2D eigenvalue weighted by molar-refractivity contribution is 6.21. The van der Waals surface area contributed by atoms with Crippen LogP contribution in [0.1, 0.15) is 6.92 Å². The molecule has 1 nitrogen and oxygen atoms in total. The fourth-order valence-corrected chi connectivity index (χ4v) is 1.13. The van der Waals surface area contributed by atoms with Crippen LogP contribution in [0.4, 0.5) is 0 Å². The Bertz CT molecular complexity index is 252. The molecule has 64 valence electrons. The smallest absolute Gasteiger partial charge is 0.258 e. The van der Waals surface area contributed by atoms with Crippen molar-refractivity contribution in [1.29, 1.82) is 0 Å². The molecule has 0 amide bonds. The Labute approximate surface area is 77.7 Å². The summed E-state index contributed by atoms with van der Waals surface area (Å²) in [7, 11) is 1.66. The SMILES string of the molecule is C[O+]=C1C=CC(=CC(C)Cl)C=C1. The highest BCUT2D eigenvalue weighted by Gasteiger charge is 2.05. The van der Waals surface area contributed by atoms with Crippen LogP contribution in [0, 0.1) is 0 Å². The summed E-state index contributed by atoms with van der Waals surface area (Å²) < 4.78 is 5.03. The molecule has 0 heterocycles. The summed E-state index contributed by atoms with van der Waals surface area (Å²) in [4.78, 5) is 0. The Balaban J connectivity index is 2.73. The maximum Gasteiger partial charge on any atom is 0.343 e. The molecule has 0 saturated heterocycles. The molecule has 12 heavy (non-hydrogen) atoms. The second-order valence-corrected chi connectivity index (χ2v) is 3.31. The van der Waals surface area contributed by atoms with Crippen LogP contribution in [0.25, 0.3) is 0 Å². The minimum absolute atomic E-state index is 0.0680. The summed E-state index contributed by atoms with van der Waals surface area (Å²) in [5.74, 6) is 0.870. The van der Waals surface area contributed by atoms with Crippen molar-refractivity contribution in [3.05, 3.63) is 36.0 Å². The lowest BCUT2D eigenvalue weighted by molar-refractivity contribution is -0.417. The Hall–Kier alpha value is -0.820. The van der Waals surface area contributed by atoms with Crippen molar-refractivity contribution >= 4 is 17.4 Å². The van der Waals surface area contributed by atoms with E-state index in [0.717, 1.165) is 11.4 Å². The van der Waals surface area contributed by atoms with Gasteiger partial charge in [-0.15, -0.1) is 11.6 Å². The predicted molar refractivity (Wildman–Crippen MR) is 52.6 cm³/mol. The summed E-state index contributed by atoms with van der Waals surface area (Å²) in [5, 5.41) is 0.0680. The molecule has 0 aromatic heterocycles. The average molecular weight is 184 g/mol. The van der Waals surface area contributed by atoms with Crippen molar-refractivity contribution in [1.82, 2.24) is 0 Å². The van der Waals surface area contributed by atoms with Crippen LogP contribution >= 0.6 is 11.6 Å². The largest absolute Gasteiger partial charge is 0.343 e. The zero-order valence-corrected chi connectivity index (χ0v) is 8.01. The second-order valence-electron chi connectivity index (χ2n) is 2.62. The number of ketones is 1. The van der Waals surface area contributed by atoms with E-state index in [1.54, 1.807) is 7.11 Å². The molecule has 1 atom stereocenters. The molecular weight excluding hydrogens is 172 g/mol. The Kier molecular flexibility index (Phi) is 3.30. The van der Waals surface area contributed by atoms with Gasteiger partial charge in [-0.1, -0.05) is 6.08 Å². The van der Waals surface area contributed by atoms with Gasteiger partial charge >= 0.3 is 5.78 Å². The van der Waals surface area contributed by atoms with Crippen LogP contribution in [-0.4, -0.2) is 18.3 Å². The van der Waals surface area contributed by atoms with Crippen molar-refractivity contribution in [2.24, 2.45) is 0 Å². The lowest BCUT2D eigenvalue weighted by atomic mass is 10.1. The molecule has 0 saturated carbocycles. The molecule has 0 fully saturated rings. The molecule has 0 aromatic carbocycles. The molecule has 0 aliphatic heterocycles. The topological polar surface area (TPSA) is 11.3 Å². The molecule has 0 spiro atoms. The van der Waals surface area contributed by atoms with Gasteiger partial charge in [-0.25, -0.2) is 0 Å².